The van der Waals surface area contributed by atoms with Gasteiger partial charge in [-0.2, -0.15) is 0 Å². The molecule has 0 fully saturated rings. The third-order valence-electron chi connectivity index (χ3n) is 4.43. The molecule has 0 unspecified atom stereocenters. The molecule has 0 aromatic heterocycles. The molecule has 140 valence electrons. The van der Waals surface area contributed by atoms with Crippen LogP contribution in [0.25, 0.3) is 0 Å². The first-order valence-electron chi connectivity index (χ1n) is 9.99. The highest BCUT2D eigenvalue weighted by Crippen LogP contribution is 2.15. The van der Waals surface area contributed by atoms with Crippen molar-refractivity contribution in [2.24, 2.45) is 0 Å². The van der Waals surface area contributed by atoms with Gasteiger partial charge >= 0.3 is 0 Å². The zero-order valence-electron chi connectivity index (χ0n) is 15.6. The summed E-state index contributed by atoms with van der Waals surface area (Å²) in [4.78, 5) is 21.1. The van der Waals surface area contributed by atoms with E-state index in [-0.39, 0.29) is 4.92 Å². The van der Waals surface area contributed by atoms with Gasteiger partial charge in [0.2, 0.25) is 5.70 Å². The normalized spacial score (nSPS) is 11.6. The van der Waals surface area contributed by atoms with Gasteiger partial charge in [0.25, 0.3) is 0 Å². The number of unbranched alkanes of at least 4 members (excludes halogenated alkanes) is 13. The summed E-state index contributed by atoms with van der Waals surface area (Å²) in [7, 11) is 0. The lowest BCUT2D eigenvalue weighted by Gasteiger charge is -2.02. The largest absolute Gasteiger partial charge is 0.303 e. The van der Waals surface area contributed by atoms with Gasteiger partial charge in [0, 0.05) is 12.8 Å². The minimum Gasteiger partial charge on any atom is -0.303 e. The Kier molecular flexibility index (Phi) is 17.3. The highest BCUT2D eigenvalue weighted by Gasteiger charge is 2.09. The van der Waals surface area contributed by atoms with Crippen molar-refractivity contribution in [3.05, 3.63) is 21.9 Å². The number of nitro groups is 1. The second-order valence-electron chi connectivity index (χ2n) is 6.69. The van der Waals surface area contributed by atoms with Crippen LogP contribution in [0.5, 0.6) is 0 Å². The molecule has 0 bridgehead atoms. The Bertz CT molecular complexity index is 340. The predicted octanol–water partition coefficient (Wildman–Crippen LogP) is 6.61. The minimum atomic E-state index is -0.211. The fourth-order valence-electron chi connectivity index (χ4n) is 2.88. The van der Waals surface area contributed by atoms with Crippen molar-refractivity contribution < 1.29 is 9.72 Å². The van der Waals surface area contributed by atoms with E-state index in [0.29, 0.717) is 18.5 Å². The van der Waals surface area contributed by atoms with Gasteiger partial charge in [-0.05, 0) is 31.8 Å². The van der Waals surface area contributed by atoms with E-state index in [2.05, 4.69) is 6.92 Å². The van der Waals surface area contributed by atoms with E-state index >= 15 is 0 Å². The monoisotopic (exact) mass is 339 g/mol. The number of nitrogens with zero attached hydrogens (tertiary/aromatic N) is 1. The van der Waals surface area contributed by atoms with E-state index in [1.54, 1.807) is 0 Å². The number of carbonyl (C=O) groups is 1. The van der Waals surface area contributed by atoms with Crippen molar-refractivity contribution in [2.45, 2.75) is 110 Å². The molecule has 0 saturated heterocycles. The zero-order valence-corrected chi connectivity index (χ0v) is 15.6. The van der Waals surface area contributed by atoms with Crippen molar-refractivity contribution in [1.82, 2.24) is 0 Å². The van der Waals surface area contributed by atoms with Crippen LogP contribution in [0.3, 0.4) is 0 Å². The van der Waals surface area contributed by atoms with Crippen molar-refractivity contribution in [3.63, 3.8) is 0 Å². The first-order valence-corrected chi connectivity index (χ1v) is 9.99. The molecule has 0 radical (unpaired) electrons. The van der Waals surface area contributed by atoms with Crippen LogP contribution in [0.15, 0.2) is 11.8 Å². The lowest BCUT2D eigenvalue weighted by molar-refractivity contribution is -0.428. The second kappa shape index (κ2) is 18.2. The molecule has 0 N–H and O–H groups in total. The highest BCUT2D eigenvalue weighted by atomic mass is 16.6. The molecule has 0 heterocycles. The van der Waals surface area contributed by atoms with Gasteiger partial charge < -0.3 is 4.79 Å². The summed E-state index contributed by atoms with van der Waals surface area (Å²) in [5.74, 6) is 0. The van der Waals surface area contributed by atoms with Gasteiger partial charge in [-0.1, -0.05) is 71.1 Å². The first-order chi connectivity index (χ1) is 11.7. The third kappa shape index (κ3) is 15.7. The standard InChI is InChI=1S/C20H37NO3/c1-2-3-4-5-6-7-8-11-14-17-20(21(23)24)18-15-12-9-10-13-16-19-22/h17,19H,2-16,18H2,1H3/b20-17-. The van der Waals surface area contributed by atoms with E-state index in [1.807, 2.05) is 6.08 Å². The van der Waals surface area contributed by atoms with Crippen LogP contribution in [0.2, 0.25) is 0 Å². The Morgan fingerprint density at radius 2 is 1.29 bits per heavy atom. The Balaban J connectivity index is 3.64. The number of carbonyl (C=O) groups excluding carboxylic acids is 1. The molecule has 0 aromatic rings. The summed E-state index contributed by atoms with van der Waals surface area (Å²) in [5.41, 5.74) is 0.394. The number of hydrogen-bond acceptors (Lipinski definition) is 3. The van der Waals surface area contributed by atoms with Crippen molar-refractivity contribution in [2.75, 3.05) is 0 Å². The molecular formula is C20H37NO3. The number of aldehydes is 1. The second-order valence-corrected chi connectivity index (χ2v) is 6.69. The van der Waals surface area contributed by atoms with Gasteiger partial charge in [0.1, 0.15) is 6.29 Å². The summed E-state index contributed by atoms with van der Waals surface area (Å²) in [6.45, 7) is 2.23. The molecule has 0 spiro atoms. The average Bonchev–Trinajstić information content (AvgIpc) is 2.57. The maximum atomic E-state index is 11.1. The molecule has 0 amide bonds. The topological polar surface area (TPSA) is 60.2 Å². The molecule has 0 saturated carbocycles. The van der Waals surface area contributed by atoms with Crippen LogP contribution in [0.1, 0.15) is 110 Å². The van der Waals surface area contributed by atoms with Crippen LogP contribution in [-0.4, -0.2) is 11.2 Å². The summed E-state index contributed by atoms with van der Waals surface area (Å²) < 4.78 is 0. The average molecular weight is 340 g/mol. The van der Waals surface area contributed by atoms with Crippen LogP contribution in [0, 0.1) is 10.1 Å². The predicted molar refractivity (Wildman–Crippen MR) is 101 cm³/mol. The lowest BCUT2D eigenvalue weighted by atomic mass is 10.1. The van der Waals surface area contributed by atoms with E-state index < -0.39 is 0 Å². The summed E-state index contributed by atoms with van der Waals surface area (Å²) in [6, 6.07) is 0. The van der Waals surface area contributed by atoms with Gasteiger partial charge in [0.15, 0.2) is 0 Å². The maximum Gasteiger partial charge on any atom is 0.242 e. The van der Waals surface area contributed by atoms with E-state index in [1.165, 1.54) is 44.9 Å². The third-order valence-corrected chi connectivity index (χ3v) is 4.43. The molecule has 24 heavy (non-hydrogen) atoms. The number of allylic oxidation sites excluding steroid dienone is 2. The molecule has 0 aliphatic heterocycles. The SMILES string of the molecule is CCCCCCCCCC/C=C(/CCCCCCCC=O)[N+](=O)[O-]. The van der Waals surface area contributed by atoms with Crippen LogP contribution in [-0.2, 0) is 4.79 Å². The number of hydrogen-bond donors (Lipinski definition) is 0. The van der Waals surface area contributed by atoms with Gasteiger partial charge in [-0.3, -0.25) is 10.1 Å². The Morgan fingerprint density at radius 1 is 0.792 bits per heavy atom. The zero-order chi connectivity index (χ0) is 17.9. The van der Waals surface area contributed by atoms with Crippen LogP contribution < -0.4 is 0 Å². The molecule has 0 aromatic carbocycles. The van der Waals surface area contributed by atoms with Crippen molar-refractivity contribution in [1.29, 1.82) is 0 Å². The first kappa shape index (κ1) is 22.8. The molecule has 0 atom stereocenters. The Labute approximate surface area is 148 Å². The fraction of sp³-hybridized carbons (Fsp3) is 0.850. The molecular weight excluding hydrogens is 302 g/mol. The summed E-state index contributed by atoms with van der Waals surface area (Å²) in [5, 5.41) is 11.1. The molecule has 4 nitrogen and oxygen atoms in total. The van der Waals surface area contributed by atoms with E-state index in [0.717, 1.165) is 51.2 Å². The van der Waals surface area contributed by atoms with E-state index in [4.69, 9.17) is 0 Å². The molecule has 0 aliphatic carbocycles. The Hall–Kier alpha value is -1.19. The molecule has 4 heteroatoms. The number of rotatable bonds is 18. The fourth-order valence-corrected chi connectivity index (χ4v) is 2.88. The van der Waals surface area contributed by atoms with Gasteiger partial charge in [-0.15, -0.1) is 0 Å². The summed E-state index contributed by atoms with van der Waals surface area (Å²) in [6.07, 6.45) is 19.9. The highest BCUT2D eigenvalue weighted by molar-refractivity contribution is 5.48. The summed E-state index contributed by atoms with van der Waals surface area (Å²) >= 11 is 0. The maximum absolute atomic E-state index is 11.1. The van der Waals surface area contributed by atoms with Gasteiger partial charge in [0.05, 0.1) is 4.92 Å². The lowest BCUT2D eigenvalue weighted by Crippen LogP contribution is -1.99. The van der Waals surface area contributed by atoms with Crippen LogP contribution >= 0.6 is 0 Å². The molecule has 0 rings (SSSR count). The van der Waals surface area contributed by atoms with E-state index in [9.17, 15) is 14.9 Å². The van der Waals surface area contributed by atoms with Gasteiger partial charge in [-0.25, -0.2) is 0 Å². The molecule has 0 aliphatic rings. The van der Waals surface area contributed by atoms with Crippen molar-refractivity contribution >= 4 is 6.29 Å². The van der Waals surface area contributed by atoms with Crippen molar-refractivity contribution in [3.8, 4) is 0 Å². The van der Waals surface area contributed by atoms with Crippen LogP contribution in [0.4, 0.5) is 0 Å². The quantitative estimate of drug-likeness (QED) is 0.122. The Morgan fingerprint density at radius 3 is 1.83 bits per heavy atom. The smallest absolute Gasteiger partial charge is 0.242 e. The minimum absolute atomic E-state index is 0.211.